The van der Waals surface area contributed by atoms with Gasteiger partial charge in [0.1, 0.15) is 0 Å². The molecule has 1 aliphatic rings. The van der Waals surface area contributed by atoms with Gasteiger partial charge in [0.05, 0.1) is 0 Å². The highest BCUT2D eigenvalue weighted by Crippen LogP contribution is 2.14. The Bertz CT molecular complexity index is 48.3. The van der Waals surface area contributed by atoms with E-state index in [9.17, 15) is 0 Å². The first-order valence-electron chi connectivity index (χ1n) is 5.81. The third-order valence-electron chi connectivity index (χ3n) is 0.854. The first-order valence-corrected chi connectivity index (χ1v) is 5.81. The molecule has 0 aromatic rings. The summed E-state index contributed by atoms with van der Waals surface area (Å²) >= 11 is 0. The van der Waals surface area contributed by atoms with Gasteiger partial charge < -0.3 is 0 Å². The Morgan fingerprint density at radius 2 is 1.08 bits per heavy atom. The van der Waals surface area contributed by atoms with Crippen molar-refractivity contribution in [1.29, 1.82) is 0 Å². The molecule has 0 nitrogen and oxygen atoms in total. The molecule has 13 heavy (non-hydrogen) atoms. The SMILES string of the molecule is C1CC1.C=CC.CCC.CCCC. The lowest BCUT2D eigenvalue weighted by atomic mass is 10.4. The van der Waals surface area contributed by atoms with Crippen LogP contribution in [0.2, 0.25) is 0 Å². The van der Waals surface area contributed by atoms with E-state index in [0.29, 0.717) is 0 Å². The maximum Gasteiger partial charge on any atom is -0.0473 e. The van der Waals surface area contributed by atoms with Gasteiger partial charge in [-0.25, -0.2) is 0 Å². The number of hydrogen-bond acceptors (Lipinski definition) is 0. The zero-order chi connectivity index (χ0) is 10.9. The lowest BCUT2D eigenvalue weighted by Gasteiger charge is -1.68. The minimum atomic E-state index is 1.25. The molecular formula is C13H30. The van der Waals surface area contributed by atoms with Crippen LogP contribution < -0.4 is 0 Å². The van der Waals surface area contributed by atoms with E-state index in [-0.39, 0.29) is 0 Å². The average molecular weight is 186 g/mol. The van der Waals surface area contributed by atoms with Gasteiger partial charge in [-0.05, 0) is 6.92 Å². The van der Waals surface area contributed by atoms with Crippen molar-refractivity contribution in [2.24, 2.45) is 0 Å². The van der Waals surface area contributed by atoms with Crippen molar-refractivity contribution in [3.8, 4) is 0 Å². The van der Waals surface area contributed by atoms with Gasteiger partial charge in [-0.2, -0.15) is 0 Å². The second-order valence-electron chi connectivity index (χ2n) is 3.18. The Hall–Kier alpha value is -0.260. The van der Waals surface area contributed by atoms with Crippen LogP contribution in [0.3, 0.4) is 0 Å². The molecule has 0 bridgehead atoms. The zero-order valence-electron chi connectivity index (χ0n) is 10.5. The van der Waals surface area contributed by atoms with Gasteiger partial charge in [0, 0.05) is 0 Å². The molecule has 1 fully saturated rings. The van der Waals surface area contributed by atoms with Gasteiger partial charge >= 0.3 is 0 Å². The Kier molecular flexibility index (Phi) is 42.4. The summed E-state index contributed by atoms with van der Waals surface area (Å²) in [5.74, 6) is 0. The van der Waals surface area contributed by atoms with E-state index >= 15 is 0 Å². The fourth-order valence-electron chi connectivity index (χ4n) is 0. The van der Waals surface area contributed by atoms with Crippen molar-refractivity contribution in [1.82, 2.24) is 0 Å². The standard InChI is InChI=1S/C4H10.C3H6.C3H8.C3H6/c1-3-4-2;1-2-3-1;2*1-3-2/h3-4H2,1-2H3;1-3H2;3H2,1-2H3;3H,1H2,2H3. The number of rotatable bonds is 1. The Balaban J connectivity index is -0.000000103. The molecule has 0 spiro atoms. The third-order valence-corrected chi connectivity index (χ3v) is 0.854. The molecule has 0 radical (unpaired) electrons. The van der Waals surface area contributed by atoms with Gasteiger partial charge in [-0.1, -0.05) is 72.3 Å². The van der Waals surface area contributed by atoms with Crippen LogP contribution in [-0.2, 0) is 0 Å². The fraction of sp³-hybridized carbons (Fsp3) is 0.846. The van der Waals surface area contributed by atoms with Crippen LogP contribution in [0.15, 0.2) is 12.7 Å². The molecule has 82 valence electrons. The second-order valence-corrected chi connectivity index (χ2v) is 3.18. The van der Waals surface area contributed by atoms with Crippen LogP contribution in [0.4, 0.5) is 0 Å². The minimum absolute atomic E-state index is 1.25. The lowest BCUT2D eigenvalue weighted by molar-refractivity contribution is 0.886. The summed E-state index contributed by atoms with van der Waals surface area (Å²) in [6.45, 7) is 13.9. The average Bonchev–Trinajstić information content (AvgIpc) is 2.93. The van der Waals surface area contributed by atoms with Gasteiger partial charge in [-0.3, -0.25) is 0 Å². The maximum absolute atomic E-state index is 3.36. The monoisotopic (exact) mass is 186 g/mol. The molecule has 0 atom stereocenters. The summed E-state index contributed by atoms with van der Waals surface area (Å²) in [6, 6.07) is 0. The molecule has 0 aromatic heterocycles. The topological polar surface area (TPSA) is 0 Å². The van der Waals surface area contributed by atoms with Crippen LogP contribution in [0.25, 0.3) is 0 Å². The highest BCUT2D eigenvalue weighted by molar-refractivity contribution is 4.51. The van der Waals surface area contributed by atoms with Crippen molar-refractivity contribution in [3.05, 3.63) is 12.7 Å². The summed E-state index contributed by atoms with van der Waals surface area (Å²) in [5.41, 5.74) is 0. The highest BCUT2D eigenvalue weighted by atomic mass is 14.0. The molecule has 1 saturated carbocycles. The summed E-state index contributed by atoms with van der Waals surface area (Å²) in [6.07, 6.45) is 10.1. The van der Waals surface area contributed by atoms with Crippen molar-refractivity contribution in [2.45, 2.75) is 73.1 Å². The van der Waals surface area contributed by atoms with Gasteiger partial charge in [-0.15, -0.1) is 6.58 Å². The number of unbranched alkanes of at least 4 members (excludes halogenated alkanes) is 1. The van der Waals surface area contributed by atoms with Gasteiger partial charge in [0.2, 0.25) is 0 Å². The van der Waals surface area contributed by atoms with Crippen LogP contribution in [0.5, 0.6) is 0 Å². The molecule has 0 N–H and O–H groups in total. The molecule has 0 aliphatic heterocycles. The third kappa shape index (κ3) is 368. The van der Waals surface area contributed by atoms with Crippen LogP contribution in [0, 0.1) is 0 Å². The van der Waals surface area contributed by atoms with E-state index in [4.69, 9.17) is 0 Å². The van der Waals surface area contributed by atoms with E-state index in [1.807, 2.05) is 6.92 Å². The zero-order valence-corrected chi connectivity index (χ0v) is 10.5. The van der Waals surface area contributed by atoms with Gasteiger partial charge in [0.15, 0.2) is 0 Å². The quantitative estimate of drug-likeness (QED) is 0.469. The Morgan fingerprint density at radius 1 is 0.923 bits per heavy atom. The molecule has 1 rings (SSSR count). The predicted octanol–water partition coefficient (Wildman–Crippen LogP) is 5.59. The van der Waals surface area contributed by atoms with Crippen molar-refractivity contribution < 1.29 is 0 Å². The molecule has 0 unspecified atom stereocenters. The fourth-order valence-corrected chi connectivity index (χ4v) is 0. The number of hydrogen-bond donors (Lipinski definition) is 0. The van der Waals surface area contributed by atoms with Crippen LogP contribution >= 0.6 is 0 Å². The molecule has 1 aliphatic carbocycles. The van der Waals surface area contributed by atoms with Crippen molar-refractivity contribution in [2.75, 3.05) is 0 Å². The van der Waals surface area contributed by atoms with E-state index < -0.39 is 0 Å². The normalized spacial score (nSPS) is 10.2. The smallest absolute Gasteiger partial charge is 0.0473 e. The van der Waals surface area contributed by atoms with E-state index in [2.05, 4.69) is 34.3 Å². The lowest BCUT2D eigenvalue weighted by Crippen LogP contribution is -1.47. The molecular weight excluding hydrogens is 156 g/mol. The summed E-state index contributed by atoms with van der Waals surface area (Å²) < 4.78 is 0. The maximum atomic E-state index is 3.36. The highest BCUT2D eigenvalue weighted by Gasteiger charge is 1.95. The van der Waals surface area contributed by atoms with Crippen molar-refractivity contribution in [3.63, 3.8) is 0 Å². The van der Waals surface area contributed by atoms with Crippen LogP contribution in [-0.4, -0.2) is 0 Å². The van der Waals surface area contributed by atoms with Crippen LogP contribution in [0.1, 0.15) is 73.1 Å². The number of allylic oxidation sites excluding steroid dienone is 1. The Morgan fingerprint density at radius 3 is 1.08 bits per heavy atom. The van der Waals surface area contributed by atoms with E-state index in [1.165, 1.54) is 38.5 Å². The summed E-state index contributed by atoms with van der Waals surface area (Å²) in [7, 11) is 0. The molecule has 0 aromatic carbocycles. The van der Waals surface area contributed by atoms with Gasteiger partial charge in [0.25, 0.3) is 0 Å². The predicted molar refractivity (Wildman–Crippen MR) is 66.3 cm³/mol. The first kappa shape index (κ1) is 18.5. The summed E-state index contributed by atoms with van der Waals surface area (Å²) in [5, 5.41) is 0. The summed E-state index contributed by atoms with van der Waals surface area (Å²) in [4.78, 5) is 0. The Labute approximate surface area is 86.4 Å². The molecule has 0 heterocycles. The molecule has 0 saturated heterocycles. The molecule has 0 amide bonds. The van der Waals surface area contributed by atoms with E-state index in [1.54, 1.807) is 6.08 Å². The van der Waals surface area contributed by atoms with E-state index in [0.717, 1.165) is 0 Å². The van der Waals surface area contributed by atoms with Crippen molar-refractivity contribution >= 4 is 0 Å². The minimum Gasteiger partial charge on any atom is -0.103 e. The second kappa shape index (κ2) is 29.8. The largest absolute Gasteiger partial charge is 0.103 e. The molecule has 0 heteroatoms. The first-order chi connectivity index (χ1) is 6.24.